The van der Waals surface area contributed by atoms with Gasteiger partial charge in [0.15, 0.2) is 0 Å². The first-order valence-electron chi connectivity index (χ1n) is 5.27. The molecule has 0 spiro atoms. The standard InChI is InChI=1S/C11H22ClF/c1-5-11(12)9(3)7-6-8(2)10(4)13/h8-11H,5-7H2,1-4H3. The topological polar surface area (TPSA) is 0 Å². The lowest BCUT2D eigenvalue weighted by atomic mass is 9.93. The molecule has 0 saturated carbocycles. The molecule has 0 radical (unpaired) electrons. The fraction of sp³-hybridized carbons (Fsp3) is 1.00. The third kappa shape index (κ3) is 5.51. The number of hydrogen-bond donors (Lipinski definition) is 0. The zero-order chi connectivity index (χ0) is 10.4. The van der Waals surface area contributed by atoms with Crippen molar-refractivity contribution in [3.05, 3.63) is 0 Å². The van der Waals surface area contributed by atoms with Crippen molar-refractivity contribution < 1.29 is 4.39 Å². The Kier molecular flexibility index (Phi) is 6.75. The van der Waals surface area contributed by atoms with Crippen LogP contribution in [0.2, 0.25) is 0 Å². The summed E-state index contributed by atoms with van der Waals surface area (Å²) in [7, 11) is 0. The van der Waals surface area contributed by atoms with Gasteiger partial charge < -0.3 is 0 Å². The van der Waals surface area contributed by atoms with Gasteiger partial charge in [0.05, 0.1) is 6.17 Å². The summed E-state index contributed by atoms with van der Waals surface area (Å²) in [6.45, 7) is 7.84. The highest BCUT2D eigenvalue weighted by atomic mass is 35.5. The molecular weight excluding hydrogens is 187 g/mol. The van der Waals surface area contributed by atoms with Gasteiger partial charge in [0.2, 0.25) is 0 Å². The first-order valence-corrected chi connectivity index (χ1v) is 5.70. The van der Waals surface area contributed by atoms with E-state index in [1.165, 1.54) is 0 Å². The fourth-order valence-corrected chi connectivity index (χ4v) is 1.46. The second kappa shape index (κ2) is 6.64. The van der Waals surface area contributed by atoms with Crippen LogP contribution in [0.3, 0.4) is 0 Å². The number of hydrogen-bond acceptors (Lipinski definition) is 0. The minimum Gasteiger partial charge on any atom is -0.248 e. The van der Waals surface area contributed by atoms with Crippen LogP contribution in [0.15, 0.2) is 0 Å². The van der Waals surface area contributed by atoms with Gasteiger partial charge in [-0.05, 0) is 38.0 Å². The lowest BCUT2D eigenvalue weighted by Gasteiger charge is -2.19. The minimum absolute atomic E-state index is 0.170. The molecule has 0 fully saturated rings. The Hall–Kier alpha value is 0.220. The van der Waals surface area contributed by atoms with Crippen molar-refractivity contribution in [3.8, 4) is 0 Å². The maximum Gasteiger partial charge on any atom is 0.0998 e. The van der Waals surface area contributed by atoms with Crippen LogP contribution in [0, 0.1) is 11.8 Å². The molecule has 0 heterocycles. The minimum atomic E-state index is -0.692. The summed E-state index contributed by atoms with van der Waals surface area (Å²) in [5.74, 6) is 0.677. The maximum atomic E-state index is 12.8. The van der Waals surface area contributed by atoms with E-state index in [0.29, 0.717) is 5.92 Å². The average molecular weight is 209 g/mol. The van der Waals surface area contributed by atoms with Crippen molar-refractivity contribution in [2.45, 2.75) is 58.5 Å². The Bertz CT molecular complexity index is 125. The highest BCUT2D eigenvalue weighted by Gasteiger charge is 2.16. The fourth-order valence-electron chi connectivity index (χ4n) is 1.34. The molecule has 0 aliphatic carbocycles. The molecule has 0 aliphatic heterocycles. The molecule has 4 unspecified atom stereocenters. The highest BCUT2D eigenvalue weighted by Crippen LogP contribution is 2.23. The third-order valence-electron chi connectivity index (χ3n) is 2.87. The Morgan fingerprint density at radius 1 is 1.08 bits per heavy atom. The van der Waals surface area contributed by atoms with Crippen LogP contribution in [0.25, 0.3) is 0 Å². The van der Waals surface area contributed by atoms with Gasteiger partial charge in [-0.15, -0.1) is 11.6 Å². The largest absolute Gasteiger partial charge is 0.248 e. The summed E-state index contributed by atoms with van der Waals surface area (Å²) in [6.07, 6.45) is 2.30. The van der Waals surface area contributed by atoms with Gasteiger partial charge in [0.1, 0.15) is 0 Å². The van der Waals surface area contributed by atoms with Crippen LogP contribution < -0.4 is 0 Å². The maximum absolute atomic E-state index is 12.8. The second-order valence-corrected chi connectivity index (χ2v) is 4.69. The van der Waals surface area contributed by atoms with Crippen LogP contribution in [0.1, 0.15) is 47.0 Å². The van der Waals surface area contributed by atoms with E-state index in [1.54, 1.807) is 6.92 Å². The van der Waals surface area contributed by atoms with Crippen molar-refractivity contribution in [2.24, 2.45) is 11.8 Å². The van der Waals surface area contributed by atoms with Crippen LogP contribution >= 0.6 is 11.6 Å². The van der Waals surface area contributed by atoms with Crippen molar-refractivity contribution >= 4 is 11.6 Å². The Morgan fingerprint density at radius 3 is 1.92 bits per heavy atom. The molecule has 0 bridgehead atoms. The summed E-state index contributed by atoms with van der Waals surface area (Å²) < 4.78 is 12.8. The molecule has 2 heteroatoms. The van der Waals surface area contributed by atoms with Gasteiger partial charge in [-0.1, -0.05) is 20.8 Å². The molecule has 0 N–H and O–H groups in total. The molecule has 0 aromatic rings. The SMILES string of the molecule is CCC(Cl)C(C)CCC(C)C(C)F. The molecule has 0 aromatic carbocycles. The number of rotatable bonds is 6. The van der Waals surface area contributed by atoms with E-state index in [2.05, 4.69) is 13.8 Å². The normalized spacial score (nSPS) is 20.8. The van der Waals surface area contributed by atoms with Crippen molar-refractivity contribution in [1.82, 2.24) is 0 Å². The van der Waals surface area contributed by atoms with Crippen molar-refractivity contribution in [1.29, 1.82) is 0 Å². The summed E-state index contributed by atoms with van der Waals surface area (Å²) in [4.78, 5) is 0. The summed E-state index contributed by atoms with van der Waals surface area (Å²) in [5.41, 5.74) is 0. The van der Waals surface area contributed by atoms with E-state index in [1.807, 2.05) is 6.92 Å². The van der Waals surface area contributed by atoms with E-state index in [-0.39, 0.29) is 11.3 Å². The molecule has 0 aromatic heterocycles. The molecule has 0 amide bonds. The van der Waals surface area contributed by atoms with Gasteiger partial charge in [-0.3, -0.25) is 0 Å². The molecule has 0 saturated heterocycles. The molecule has 0 aliphatic rings. The predicted molar refractivity (Wildman–Crippen MR) is 58.1 cm³/mol. The Labute approximate surface area is 86.9 Å². The predicted octanol–water partition coefficient (Wildman–Crippen LogP) is 4.41. The van der Waals surface area contributed by atoms with Crippen LogP contribution in [0.5, 0.6) is 0 Å². The quantitative estimate of drug-likeness (QED) is 0.567. The molecular formula is C11H22ClF. The van der Waals surface area contributed by atoms with Gasteiger partial charge in [-0.2, -0.15) is 0 Å². The highest BCUT2D eigenvalue weighted by molar-refractivity contribution is 6.20. The van der Waals surface area contributed by atoms with Crippen molar-refractivity contribution in [2.75, 3.05) is 0 Å². The summed E-state index contributed by atoms with van der Waals surface area (Å²) >= 11 is 6.09. The lowest BCUT2D eigenvalue weighted by Crippen LogP contribution is -2.14. The smallest absolute Gasteiger partial charge is 0.0998 e. The second-order valence-electron chi connectivity index (χ2n) is 4.13. The zero-order valence-corrected chi connectivity index (χ0v) is 9.94. The van der Waals surface area contributed by atoms with Gasteiger partial charge in [-0.25, -0.2) is 4.39 Å². The lowest BCUT2D eigenvalue weighted by molar-refractivity contribution is 0.240. The zero-order valence-electron chi connectivity index (χ0n) is 9.19. The Balaban J connectivity index is 3.63. The monoisotopic (exact) mass is 208 g/mol. The molecule has 4 atom stereocenters. The Morgan fingerprint density at radius 2 is 1.54 bits per heavy atom. The molecule has 0 rings (SSSR count). The van der Waals surface area contributed by atoms with E-state index < -0.39 is 6.17 Å². The number of alkyl halides is 2. The van der Waals surface area contributed by atoms with Crippen LogP contribution in [0.4, 0.5) is 4.39 Å². The summed E-state index contributed by atoms with van der Waals surface area (Å²) in [6, 6.07) is 0. The first kappa shape index (κ1) is 13.2. The molecule has 80 valence electrons. The van der Waals surface area contributed by atoms with E-state index in [0.717, 1.165) is 19.3 Å². The van der Waals surface area contributed by atoms with E-state index in [9.17, 15) is 4.39 Å². The van der Waals surface area contributed by atoms with E-state index in [4.69, 9.17) is 11.6 Å². The summed E-state index contributed by atoms with van der Waals surface area (Å²) in [5, 5.41) is 0.252. The van der Waals surface area contributed by atoms with E-state index >= 15 is 0 Å². The molecule has 13 heavy (non-hydrogen) atoms. The van der Waals surface area contributed by atoms with Crippen molar-refractivity contribution in [3.63, 3.8) is 0 Å². The van der Waals surface area contributed by atoms with Gasteiger partial charge in [0, 0.05) is 5.38 Å². The van der Waals surface area contributed by atoms with Gasteiger partial charge >= 0.3 is 0 Å². The average Bonchev–Trinajstić information content (AvgIpc) is 2.11. The molecule has 0 nitrogen and oxygen atoms in total. The van der Waals surface area contributed by atoms with Crippen LogP contribution in [-0.2, 0) is 0 Å². The number of halogens is 2. The third-order valence-corrected chi connectivity index (χ3v) is 3.61. The first-order chi connectivity index (χ1) is 5.99. The van der Waals surface area contributed by atoms with Crippen LogP contribution in [-0.4, -0.2) is 11.5 Å². The van der Waals surface area contributed by atoms with Gasteiger partial charge in [0.25, 0.3) is 0 Å².